The topological polar surface area (TPSA) is 74.2 Å². The van der Waals surface area contributed by atoms with Crippen LogP contribution in [-0.4, -0.2) is 47.0 Å². The Balaban J connectivity index is 1.21. The van der Waals surface area contributed by atoms with Gasteiger partial charge in [0.25, 0.3) is 5.91 Å². The van der Waals surface area contributed by atoms with Crippen LogP contribution in [0, 0.1) is 5.82 Å². The number of piperazine rings is 1. The van der Waals surface area contributed by atoms with Gasteiger partial charge in [-0.1, -0.05) is 49.0 Å². The molecule has 0 radical (unpaired) electrons. The van der Waals surface area contributed by atoms with Gasteiger partial charge in [-0.05, 0) is 48.4 Å². The van der Waals surface area contributed by atoms with Crippen molar-refractivity contribution in [3.8, 4) is 0 Å². The van der Waals surface area contributed by atoms with Crippen molar-refractivity contribution in [2.45, 2.75) is 30.8 Å². The van der Waals surface area contributed by atoms with Gasteiger partial charge in [0.15, 0.2) is 5.16 Å². The third-order valence-corrected chi connectivity index (χ3v) is 7.54. The molecule has 3 heterocycles. The van der Waals surface area contributed by atoms with Crippen LogP contribution < -0.4 is 15.1 Å². The molecule has 0 spiro atoms. The number of para-hydroxylation sites is 1. The fourth-order valence-corrected chi connectivity index (χ4v) is 5.29. The van der Waals surface area contributed by atoms with Crippen molar-refractivity contribution < 1.29 is 9.18 Å². The van der Waals surface area contributed by atoms with Crippen LogP contribution in [0.5, 0.6) is 0 Å². The second-order valence-corrected chi connectivity index (χ2v) is 10.2. The van der Waals surface area contributed by atoms with Gasteiger partial charge in [-0.25, -0.2) is 14.4 Å². The zero-order valence-corrected chi connectivity index (χ0v) is 22.7. The molecule has 0 aliphatic carbocycles. The van der Waals surface area contributed by atoms with Crippen LogP contribution in [0.25, 0.3) is 0 Å². The second-order valence-electron chi connectivity index (χ2n) is 9.27. The summed E-state index contributed by atoms with van der Waals surface area (Å²) in [7, 11) is 0. The van der Waals surface area contributed by atoms with Gasteiger partial charge in [0.1, 0.15) is 11.6 Å². The molecule has 2 aromatic carbocycles. The molecule has 0 saturated carbocycles. The lowest BCUT2D eigenvalue weighted by atomic mass is 10.1. The first-order valence-corrected chi connectivity index (χ1v) is 14.1. The molecule has 0 unspecified atom stereocenters. The number of benzene rings is 2. The van der Waals surface area contributed by atoms with Crippen molar-refractivity contribution in [2.24, 2.45) is 0 Å². The number of hydrogen-bond acceptors (Lipinski definition) is 7. The van der Waals surface area contributed by atoms with Crippen LogP contribution in [0.2, 0.25) is 0 Å². The van der Waals surface area contributed by atoms with Crippen molar-refractivity contribution in [2.75, 3.05) is 36.0 Å². The number of halogens is 1. The Morgan fingerprint density at radius 3 is 2.49 bits per heavy atom. The first-order valence-electron chi connectivity index (χ1n) is 13.1. The summed E-state index contributed by atoms with van der Waals surface area (Å²) in [5.41, 5.74) is 4.09. The van der Waals surface area contributed by atoms with Gasteiger partial charge in [0.05, 0.1) is 17.9 Å². The number of aryl methyl sites for hydroxylation is 1. The predicted octanol–water partition coefficient (Wildman–Crippen LogP) is 5.12. The zero-order chi connectivity index (χ0) is 27.0. The Morgan fingerprint density at radius 2 is 1.72 bits per heavy atom. The van der Waals surface area contributed by atoms with Gasteiger partial charge >= 0.3 is 0 Å². The van der Waals surface area contributed by atoms with E-state index in [0.717, 1.165) is 55.4 Å². The van der Waals surface area contributed by atoms with E-state index < -0.39 is 0 Å². The summed E-state index contributed by atoms with van der Waals surface area (Å²) in [5, 5.41) is 3.64. The third kappa shape index (κ3) is 6.92. The Kier molecular flexibility index (Phi) is 8.68. The van der Waals surface area contributed by atoms with Gasteiger partial charge < -0.3 is 15.1 Å². The average molecular weight is 543 g/mol. The number of rotatable bonds is 9. The molecule has 7 nitrogen and oxygen atoms in total. The quantitative estimate of drug-likeness (QED) is 0.232. The van der Waals surface area contributed by atoms with Crippen molar-refractivity contribution in [1.29, 1.82) is 0 Å². The van der Waals surface area contributed by atoms with E-state index in [-0.39, 0.29) is 11.7 Å². The molecule has 1 fully saturated rings. The largest absolute Gasteiger partial charge is 0.366 e. The summed E-state index contributed by atoms with van der Waals surface area (Å²) < 4.78 is 14.2. The normalized spacial score (nSPS) is 13.4. The summed E-state index contributed by atoms with van der Waals surface area (Å²) in [6.07, 6.45) is 2.52. The maximum absolute atomic E-state index is 14.2. The van der Waals surface area contributed by atoms with E-state index >= 15 is 0 Å². The van der Waals surface area contributed by atoms with E-state index in [0.29, 0.717) is 28.7 Å². The maximum atomic E-state index is 14.2. The highest BCUT2D eigenvalue weighted by molar-refractivity contribution is 7.98. The summed E-state index contributed by atoms with van der Waals surface area (Å²) in [6, 6.07) is 22.2. The average Bonchev–Trinajstić information content (AvgIpc) is 2.99. The second kappa shape index (κ2) is 12.7. The number of amides is 1. The summed E-state index contributed by atoms with van der Waals surface area (Å²) in [4.78, 5) is 30.8. The van der Waals surface area contributed by atoms with E-state index in [1.807, 2.05) is 54.6 Å². The molecule has 0 bridgehead atoms. The summed E-state index contributed by atoms with van der Waals surface area (Å²) in [5.74, 6) is 1.23. The first-order chi connectivity index (χ1) is 19.1. The number of carbonyl (C=O) groups is 1. The molecule has 1 aliphatic heterocycles. The summed E-state index contributed by atoms with van der Waals surface area (Å²) in [6.45, 7) is 5.44. The van der Waals surface area contributed by atoms with Gasteiger partial charge in [0.2, 0.25) is 0 Å². The van der Waals surface area contributed by atoms with Gasteiger partial charge in [-0.15, -0.1) is 0 Å². The Bertz CT molecular complexity index is 1410. The highest BCUT2D eigenvalue weighted by Gasteiger charge is 2.21. The maximum Gasteiger partial charge on any atom is 0.251 e. The first kappa shape index (κ1) is 26.6. The number of aromatic nitrogens is 3. The van der Waals surface area contributed by atoms with Gasteiger partial charge in [0, 0.05) is 55.5 Å². The minimum absolute atomic E-state index is 0.131. The third-order valence-electron chi connectivity index (χ3n) is 6.62. The predicted molar refractivity (Wildman–Crippen MR) is 154 cm³/mol. The molecule has 1 N–H and O–H groups in total. The molecular formula is C30H31FN6OS. The highest BCUT2D eigenvalue weighted by Crippen LogP contribution is 2.26. The smallest absolute Gasteiger partial charge is 0.251 e. The van der Waals surface area contributed by atoms with E-state index in [2.05, 4.69) is 33.1 Å². The molecule has 2 aromatic heterocycles. The number of thioether (sulfide) groups is 1. The van der Waals surface area contributed by atoms with Gasteiger partial charge in [-0.2, -0.15) is 0 Å². The van der Waals surface area contributed by atoms with Crippen LogP contribution in [0.3, 0.4) is 0 Å². The molecule has 9 heteroatoms. The van der Waals surface area contributed by atoms with E-state index in [1.54, 1.807) is 24.0 Å². The molecule has 5 rings (SSSR count). The van der Waals surface area contributed by atoms with Gasteiger partial charge in [-0.3, -0.25) is 9.78 Å². The Labute approximate surface area is 232 Å². The molecule has 4 aromatic rings. The van der Waals surface area contributed by atoms with Crippen molar-refractivity contribution in [3.05, 3.63) is 107 Å². The highest BCUT2D eigenvalue weighted by atomic mass is 32.2. The fourth-order valence-electron chi connectivity index (χ4n) is 4.48. The Morgan fingerprint density at radius 1 is 0.923 bits per heavy atom. The molecule has 0 atom stereocenters. The lowest BCUT2D eigenvalue weighted by molar-refractivity contribution is 0.0950. The number of nitrogens with zero attached hydrogens (tertiary/aromatic N) is 5. The molecule has 200 valence electrons. The molecule has 1 saturated heterocycles. The zero-order valence-electron chi connectivity index (χ0n) is 21.9. The SMILES string of the molecule is CCc1cc(N2CCN(c3ccccc3F)CC2)nc(SCc2cccc(C(=O)NCc3ccccn3)c2)n1. The van der Waals surface area contributed by atoms with Crippen molar-refractivity contribution in [1.82, 2.24) is 20.3 Å². The molecule has 1 amide bonds. The van der Waals surface area contributed by atoms with E-state index in [4.69, 9.17) is 9.97 Å². The lowest BCUT2D eigenvalue weighted by Crippen LogP contribution is -2.47. The number of anilines is 2. The molecule has 1 aliphatic rings. The number of pyridine rings is 1. The van der Waals surface area contributed by atoms with E-state index in [1.165, 1.54) is 6.07 Å². The monoisotopic (exact) mass is 542 g/mol. The minimum atomic E-state index is -0.185. The van der Waals surface area contributed by atoms with Crippen LogP contribution in [0.4, 0.5) is 15.9 Å². The number of carbonyl (C=O) groups excluding carboxylic acids is 1. The van der Waals surface area contributed by atoms with Crippen LogP contribution in [-0.2, 0) is 18.7 Å². The van der Waals surface area contributed by atoms with Crippen molar-refractivity contribution in [3.63, 3.8) is 0 Å². The number of nitrogens with one attached hydrogen (secondary N) is 1. The minimum Gasteiger partial charge on any atom is -0.366 e. The van der Waals surface area contributed by atoms with Crippen LogP contribution in [0.15, 0.2) is 84.1 Å². The van der Waals surface area contributed by atoms with Crippen molar-refractivity contribution >= 4 is 29.2 Å². The summed E-state index contributed by atoms with van der Waals surface area (Å²) >= 11 is 1.56. The molecule has 39 heavy (non-hydrogen) atoms. The fraction of sp³-hybridized carbons (Fsp3) is 0.267. The van der Waals surface area contributed by atoms with Crippen LogP contribution >= 0.6 is 11.8 Å². The van der Waals surface area contributed by atoms with Crippen LogP contribution in [0.1, 0.15) is 34.2 Å². The molecular weight excluding hydrogens is 511 g/mol. The Hall–Kier alpha value is -3.98. The number of hydrogen-bond donors (Lipinski definition) is 1. The standard InChI is InChI=1S/C30H31FN6OS/c1-2-24-19-28(37-16-14-36(15-17-37)27-12-4-3-11-26(27)31)35-30(34-24)39-21-22-8-7-9-23(18-22)29(38)33-20-25-10-5-6-13-32-25/h3-13,18-19H,2,14-17,20-21H2,1H3,(H,33,38). The lowest BCUT2D eigenvalue weighted by Gasteiger charge is -2.37. The van der Waals surface area contributed by atoms with E-state index in [9.17, 15) is 9.18 Å².